The van der Waals surface area contributed by atoms with Crippen LogP contribution in [-0.2, 0) is 19.1 Å². The summed E-state index contributed by atoms with van der Waals surface area (Å²) in [5, 5.41) is 25.2. The van der Waals surface area contributed by atoms with Gasteiger partial charge < -0.3 is 38.4 Å². The summed E-state index contributed by atoms with van der Waals surface area (Å²) in [5.41, 5.74) is 1.61. The number of halogens is 4. The first-order chi connectivity index (χ1) is 25.2. The molecule has 16 heteroatoms. The lowest BCUT2D eigenvalue weighted by Gasteiger charge is -2.19. The van der Waals surface area contributed by atoms with E-state index >= 15 is 0 Å². The monoisotopic (exact) mass is 846 g/mol. The second-order valence-corrected chi connectivity index (χ2v) is 12.8. The van der Waals surface area contributed by atoms with Crippen molar-refractivity contribution in [3.8, 4) is 23.6 Å². The predicted octanol–water partition coefficient (Wildman–Crippen LogP) is 7.19. The summed E-state index contributed by atoms with van der Waals surface area (Å²) in [5.74, 6) is -2.84. The Bertz CT molecular complexity index is 1710. The number of carbonyl (C=O) groups is 2. The summed E-state index contributed by atoms with van der Waals surface area (Å²) < 4.78 is 60.6. The van der Waals surface area contributed by atoms with Crippen molar-refractivity contribution in [3.63, 3.8) is 0 Å². The molecule has 0 amide bonds. The fourth-order valence-corrected chi connectivity index (χ4v) is 5.44. The van der Waals surface area contributed by atoms with Crippen LogP contribution in [0.4, 0.5) is 8.78 Å². The van der Waals surface area contributed by atoms with Crippen LogP contribution in [-0.4, -0.2) is 51.3 Å². The van der Waals surface area contributed by atoms with Crippen LogP contribution >= 0.6 is 31.9 Å². The summed E-state index contributed by atoms with van der Waals surface area (Å²) >= 11 is 6.24. The topological polar surface area (TPSA) is 169 Å². The fourth-order valence-electron chi connectivity index (χ4n) is 4.80. The Balaban J connectivity index is 1.08. The zero-order valence-corrected chi connectivity index (χ0v) is 30.8. The summed E-state index contributed by atoms with van der Waals surface area (Å²) in [6.45, 7) is 1.95. The zero-order valence-electron chi connectivity index (χ0n) is 27.7. The molecule has 274 valence electrons. The van der Waals surface area contributed by atoms with Crippen LogP contribution < -0.4 is 20.1 Å². The largest absolute Gasteiger partial charge is 0.484 e. The Labute approximate surface area is 315 Å². The van der Waals surface area contributed by atoms with Gasteiger partial charge in [0.1, 0.15) is 47.5 Å². The number of furan rings is 2. The molecule has 2 N–H and O–H groups in total. The molecule has 4 rings (SSSR count). The molecule has 4 aromatic rings. The molecule has 2 aromatic heterocycles. The maximum Gasteiger partial charge on any atom is 0.417 e. The quantitative estimate of drug-likeness (QED) is 0.0523. The van der Waals surface area contributed by atoms with Crippen molar-refractivity contribution in [3.05, 3.63) is 104 Å². The first-order valence-corrected chi connectivity index (χ1v) is 17.7. The van der Waals surface area contributed by atoms with Gasteiger partial charge in [-0.2, -0.15) is 10.5 Å². The van der Waals surface area contributed by atoms with Crippen LogP contribution in [0.2, 0.25) is 0 Å². The lowest BCUT2D eigenvalue weighted by atomic mass is 10.1. The Morgan fingerprint density at radius 1 is 0.712 bits per heavy atom. The van der Waals surface area contributed by atoms with E-state index in [0.717, 1.165) is 23.3 Å². The van der Waals surface area contributed by atoms with Gasteiger partial charge in [0.15, 0.2) is 0 Å². The Morgan fingerprint density at radius 2 is 1.13 bits per heavy atom. The van der Waals surface area contributed by atoms with Gasteiger partial charge in [-0.3, -0.25) is 0 Å². The van der Waals surface area contributed by atoms with E-state index in [1.54, 1.807) is 12.1 Å². The molecular formula is C36H34Br2F2N4O8. The summed E-state index contributed by atoms with van der Waals surface area (Å²) in [7, 11) is 0. The van der Waals surface area contributed by atoms with E-state index in [1.807, 2.05) is 12.1 Å². The van der Waals surface area contributed by atoms with Gasteiger partial charge >= 0.3 is 11.9 Å². The van der Waals surface area contributed by atoms with Gasteiger partial charge in [0.25, 0.3) is 0 Å². The van der Waals surface area contributed by atoms with Crippen molar-refractivity contribution in [2.24, 2.45) is 0 Å². The minimum atomic E-state index is -1.08. The van der Waals surface area contributed by atoms with E-state index < -0.39 is 35.8 Å². The lowest BCUT2D eigenvalue weighted by Crippen LogP contribution is -2.25. The summed E-state index contributed by atoms with van der Waals surface area (Å²) in [6, 6.07) is 12.4. The number of benzene rings is 2. The van der Waals surface area contributed by atoms with Crippen LogP contribution in [0.1, 0.15) is 60.1 Å². The Hall–Kier alpha value is -4.74. The molecule has 0 spiro atoms. The number of hydrogen-bond donors (Lipinski definition) is 2. The zero-order chi connectivity index (χ0) is 37.3. The highest BCUT2D eigenvalue weighted by atomic mass is 79.9. The van der Waals surface area contributed by atoms with Crippen molar-refractivity contribution in [2.45, 2.75) is 37.9 Å². The van der Waals surface area contributed by atoms with E-state index in [-0.39, 0.29) is 44.8 Å². The number of carbonyl (C=O) groups excluding carboxylic acids is 2. The maximum atomic E-state index is 13.9. The van der Waals surface area contributed by atoms with Gasteiger partial charge in [0.2, 0.25) is 0 Å². The van der Waals surface area contributed by atoms with Crippen LogP contribution in [0.25, 0.3) is 0 Å². The molecule has 0 fully saturated rings. The molecular weight excluding hydrogens is 814 g/mol. The Kier molecular flexibility index (Phi) is 16.1. The van der Waals surface area contributed by atoms with Gasteiger partial charge in [0, 0.05) is 24.0 Å². The summed E-state index contributed by atoms with van der Waals surface area (Å²) in [4.78, 5) is 24.1. The molecule has 0 aliphatic heterocycles. The summed E-state index contributed by atoms with van der Waals surface area (Å²) in [6.07, 6.45) is 6.94. The lowest BCUT2D eigenvalue weighted by molar-refractivity contribution is -0.167. The van der Waals surface area contributed by atoms with Crippen LogP contribution in [0.3, 0.4) is 0 Å². The molecule has 0 aliphatic carbocycles. The molecule has 0 saturated carbocycles. The highest BCUT2D eigenvalue weighted by Gasteiger charge is 2.21. The third-order valence-corrected chi connectivity index (χ3v) is 8.67. The molecule has 0 saturated heterocycles. The molecule has 0 radical (unpaired) electrons. The second-order valence-electron chi connectivity index (χ2n) is 11.1. The van der Waals surface area contributed by atoms with E-state index in [1.165, 1.54) is 37.2 Å². The van der Waals surface area contributed by atoms with E-state index in [0.29, 0.717) is 51.9 Å². The minimum Gasteiger partial charge on any atom is -0.484 e. The van der Waals surface area contributed by atoms with Gasteiger partial charge in [-0.1, -0.05) is 0 Å². The number of nitrogens with one attached hydrogen (secondary N) is 2. The number of hydrogen-bond acceptors (Lipinski definition) is 12. The molecule has 0 bridgehead atoms. The molecule has 2 heterocycles. The average molecular weight is 848 g/mol. The standard InChI is InChI=1S/C36H34Br2F2N4O8/c37-27-17-33(25(19-41)15-29(27)39)51-31(23-5-13-47-21-23)3-9-43-7-1-11-49-35(45)36(46)50-12-2-8-44-10-4-32(24-6-14-48-22-24)52-34-18-28(38)30(40)16-26(34)20-42/h5-6,13-18,21-22,31-32,43-44H,1-4,7-12H2/t31-,32-/m1/s1. The number of esters is 2. The molecule has 2 atom stereocenters. The SMILES string of the molecule is N#Cc1cc(F)c(Br)cc1O[C@H](CCNCCCOC(=O)C(=O)OCCCNCC[C@@H](Oc1cc(Br)c(F)cc1C#N)c1ccoc1)c1ccoc1. The average Bonchev–Trinajstić information content (AvgIpc) is 3.88. The number of ether oxygens (including phenoxy) is 4. The van der Waals surface area contributed by atoms with Crippen LogP contribution in [0.15, 0.2) is 79.2 Å². The first-order valence-electron chi connectivity index (χ1n) is 16.1. The smallest absolute Gasteiger partial charge is 0.417 e. The van der Waals surface area contributed by atoms with Crippen molar-refractivity contribution < 1.29 is 46.2 Å². The van der Waals surface area contributed by atoms with Gasteiger partial charge in [0.05, 0.1) is 58.3 Å². The van der Waals surface area contributed by atoms with Crippen LogP contribution in [0, 0.1) is 34.3 Å². The molecule has 2 aromatic carbocycles. The minimum absolute atomic E-state index is 0.00389. The maximum absolute atomic E-state index is 13.9. The van der Waals surface area contributed by atoms with Crippen molar-refractivity contribution >= 4 is 43.8 Å². The van der Waals surface area contributed by atoms with E-state index in [2.05, 4.69) is 42.5 Å². The molecule has 52 heavy (non-hydrogen) atoms. The third kappa shape index (κ3) is 12.2. The highest BCUT2D eigenvalue weighted by molar-refractivity contribution is 9.10. The van der Waals surface area contributed by atoms with Gasteiger partial charge in [-0.05, 0) is 107 Å². The predicted molar refractivity (Wildman–Crippen MR) is 188 cm³/mol. The molecule has 12 nitrogen and oxygen atoms in total. The number of nitriles is 2. The fraction of sp³-hybridized carbons (Fsp3) is 0.333. The molecule has 0 aliphatic rings. The number of rotatable bonds is 20. The van der Waals surface area contributed by atoms with E-state index in [4.69, 9.17) is 27.8 Å². The van der Waals surface area contributed by atoms with Crippen LogP contribution in [0.5, 0.6) is 11.5 Å². The third-order valence-electron chi connectivity index (χ3n) is 7.45. The van der Waals surface area contributed by atoms with Crippen molar-refractivity contribution in [1.29, 1.82) is 10.5 Å². The highest BCUT2D eigenvalue weighted by Crippen LogP contribution is 2.33. The molecule has 0 unspecified atom stereocenters. The normalized spacial score (nSPS) is 12.0. The number of nitrogens with zero attached hydrogens (tertiary/aromatic N) is 2. The van der Waals surface area contributed by atoms with E-state index in [9.17, 15) is 28.9 Å². The van der Waals surface area contributed by atoms with Gasteiger partial charge in [-0.15, -0.1) is 0 Å². The van der Waals surface area contributed by atoms with Crippen molar-refractivity contribution in [1.82, 2.24) is 10.6 Å². The second kappa shape index (κ2) is 20.9. The first kappa shape index (κ1) is 40.0. The van der Waals surface area contributed by atoms with Crippen molar-refractivity contribution in [2.75, 3.05) is 39.4 Å². The Morgan fingerprint density at radius 3 is 1.50 bits per heavy atom. The van der Waals surface area contributed by atoms with Gasteiger partial charge in [-0.25, -0.2) is 18.4 Å².